The number of hydrogen-bond acceptors (Lipinski definition) is 3. The minimum atomic E-state index is -5.25. The second-order valence-electron chi connectivity index (χ2n) is 4.67. The van der Waals surface area contributed by atoms with Crippen LogP contribution < -0.4 is 10.6 Å². The number of hydrogen-bond donors (Lipinski definition) is 2. The van der Waals surface area contributed by atoms with Gasteiger partial charge in [0.1, 0.15) is 6.54 Å². The number of halogens is 3. The summed E-state index contributed by atoms with van der Waals surface area (Å²) in [7, 11) is -5.24. The Labute approximate surface area is 128 Å². The van der Waals surface area contributed by atoms with Crippen LogP contribution in [0.1, 0.15) is 19.8 Å². The zero-order valence-corrected chi connectivity index (χ0v) is 13.0. The third-order valence-electron chi connectivity index (χ3n) is 3.10. The van der Waals surface area contributed by atoms with E-state index >= 15 is 0 Å². The van der Waals surface area contributed by atoms with Crippen molar-refractivity contribution in [3.8, 4) is 12.3 Å². The summed E-state index contributed by atoms with van der Waals surface area (Å²) in [5.74, 6) is 2.83. The van der Waals surface area contributed by atoms with Gasteiger partial charge in [-0.15, -0.1) is 6.42 Å². The monoisotopic (exact) mass is 340 g/mol. The standard InChI is InChI=1S/C12H19F3N4O2S/c1-3-7-17-11(16-4-2)18-10-5-8-19(9-6-10)22(20,21)12(13,14)15/h1,10H,4-9H2,2H3,(H2,16,17,18). The highest BCUT2D eigenvalue weighted by Crippen LogP contribution is 2.28. The smallest absolute Gasteiger partial charge is 0.357 e. The maximum atomic E-state index is 12.5. The zero-order valence-electron chi connectivity index (χ0n) is 12.2. The van der Waals surface area contributed by atoms with Gasteiger partial charge in [-0.3, -0.25) is 0 Å². The molecule has 0 aromatic carbocycles. The van der Waals surface area contributed by atoms with Crippen molar-refractivity contribution in [1.82, 2.24) is 14.9 Å². The number of alkyl halides is 3. The van der Waals surface area contributed by atoms with Crippen LogP contribution in [-0.2, 0) is 10.0 Å². The summed E-state index contributed by atoms with van der Waals surface area (Å²) in [4.78, 5) is 4.08. The van der Waals surface area contributed by atoms with Crippen LogP contribution in [0.15, 0.2) is 4.99 Å². The van der Waals surface area contributed by atoms with E-state index in [1.807, 2.05) is 6.92 Å². The second-order valence-corrected chi connectivity index (χ2v) is 6.60. The van der Waals surface area contributed by atoms with Crippen LogP contribution in [0.3, 0.4) is 0 Å². The van der Waals surface area contributed by atoms with E-state index in [1.165, 1.54) is 0 Å². The molecule has 0 aromatic heterocycles. The Morgan fingerprint density at radius 2 is 2.00 bits per heavy atom. The first-order chi connectivity index (χ1) is 10.2. The molecule has 1 aliphatic heterocycles. The Balaban J connectivity index is 2.60. The molecule has 0 unspecified atom stereocenters. The van der Waals surface area contributed by atoms with Crippen molar-refractivity contribution in [2.24, 2.45) is 4.99 Å². The first kappa shape index (κ1) is 18.6. The summed E-state index contributed by atoms with van der Waals surface area (Å²) in [5.41, 5.74) is -5.25. The summed E-state index contributed by atoms with van der Waals surface area (Å²) in [6, 6.07) is -0.157. The molecule has 1 saturated heterocycles. The molecule has 126 valence electrons. The van der Waals surface area contributed by atoms with Gasteiger partial charge < -0.3 is 10.6 Å². The molecule has 1 aliphatic rings. The van der Waals surface area contributed by atoms with Crippen molar-refractivity contribution in [2.75, 3.05) is 26.2 Å². The van der Waals surface area contributed by atoms with Gasteiger partial charge in [-0.05, 0) is 19.8 Å². The highest BCUT2D eigenvalue weighted by Gasteiger charge is 2.50. The minimum Gasteiger partial charge on any atom is -0.357 e. The van der Waals surface area contributed by atoms with Crippen LogP contribution in [0.25, 0.3) is 0 Å². The number of guanidine groups is 1. The maximum absolute atomic E-state index is 12.5. The second kappa shape index (κ2) is 7.69. The molecule has 1 fully saturated rings. The molecule has 0 spiro atoms. The van der Waals surface area contributed by atoms with Gasteiger partial charge in [0.25, 0.3) is 0 Å². The van der Waals surface area contributed by atoms with E-state index in [1.54, 1.807) is 0 Å². The lowest BCUT2D eigenvalue weighted by atomic mass is 10.1. The lowest BCUT2D eigenvalue weighted by Gasteiger charge is -2.32. The summed E-state index contributed by atoms with van der Waals surface area (Å²) >= 11 is 0. The fraction of sp³-hybridized carbons (Fsp3) is 0.750. The first-order valence-electron chi connectivity index (χ1n) is 6.77. The minimum absolute atomic E-state index is 0.157. The molecule has 2 N–H and O–H groups in total. The Kier molecular flexibility index (Phi) is 6.49. The Bertz CT molecular complexity index is 532. The van der Waals surface area contributed by atoms with Gasteiger partial charge >= 0.3 is 15.5 Å². The molecular formula is C12H19F3N4O2S. The van der Waals surface area contributed by atoms with Crippen molar-refractivity contribution in [3.63, 3.8) is 0 Å². The van der Waals surface area contributed by atoms with Gasteiger partial charge in [-0.2, -0.15) is 17.5 Å². The highest BCUT2D eigenvalue weighted by molar-refractivity contribution is 7.90. The van der Waals surface area contributed by atoms with E-state index in [-0.39, 0.29) is 38.5 Å². The van der Waals surface area contributed by atoms with E-state index in [2.05, 4.69) is 21.5 Å². The quantitative estimate of drug-likeness (QED) is 0.444. The molecule has 10 heteroatoms. The van der Waals surface area contributed by atoms with Crippen molar-refractivity contribution in [2.45, 2.75) is 31.3 Å². The van der Waals surface area contributed by atoms with Crippen LogP contribution in [0.2, 0.25) is 0 Å². The SMILES string of the molecule is C#CCN=C(NCC)NC1CCN(S(=O)(=O)C(F)(F)F)CC1. The number of aliphatic imine (C=N–C) groups is 1. The fourth-order valence-corrected chi connectivity index (χ4v) is 3.01. The molecule has 1 heterocycles. The topological polar surface area (TPSA) is 73.8 Å². The third-order valence-corrected chi connectivity index (χ3v) is 4.73. The normalized spacial score (nSPS) is 18.8. The number of sulfonamides is 1. The lowest BCUT2D eigenvalue weighted by Crippen LogP contribution is -2.51. The van der Waals surface area contributed by atoms with Crippen molar-refractivity contribution >= 4 is 16.0 Å². The number of piperidine rings is 1. The van der Waals surface area contributed by atoms with Crippen LogP contribution in [0.4, 0.5) is 13.2 Å². The Morgan fingerprint density at radius 3 is 2.45 bits per heavy atom. The number of nitrogens with one attached hydrogen (secondary N) is 2. The average Bonchev–Trinajstić information content (AvgIpc) is 2.44. The van der Waals surface area contributed by atoms with Crippen molar-refractivity contribution in [3.05, 3.63) is 0 Å². The molecule has 0 amide bonds. The summed E-state index contributed by atoms with van der Waals surface area (Å²) in [6.45, 7) is 2.28. The predicted octanol–water partition coefficient (Wildman–Crippen LogP) is 0.489. The molecule has 0 bridgehead atoms. The third kappa shape index (κ3) is 4.78. The average molecular weight is 340 g/mol. The largest absolute Gasteiger partial charge is 0.511 e. The zero-order chi connectivity index (χ0) is 16.8. The molecule has 0 atom stereocenters. The van der Waals surface area contributed by atoms with Crippen molar-refractivity contribution < 1.29 is 21.6 Å². The van der Waals surface area contributed by atoms with Crippen LogP contribution in [0, 0.1) is 12.3 Å². The molecule has 0 aromatic rings. The number of rotatable bonds is 4. The van der Waals surface area contributed by atoms with Gasteiger partial charge in [0.15, 0.2) is 5.96 Å². The molecular weight excluding hydrogens is 321 g/mol. The Hall–Kier alpha value is -1.47. The predicted molar refractivity (Wildman–Crippen MR) is 77.5 cm³/mol. The summed E-state index contributed by atoms with van der Waals surface area (Å²) in [6.07, 6.45) is 5.64. The summed E-state index contributed by atoms with van der Waals surface area (Å²) < 4.78 is 60.5. The number of nitrogens with zero attached hydrogens (tertiary/aromatic N) is 2. The molecule has 0 saturated carbocycles. The van der Waals surface area contributed by atoms with Crippen LogP contribution in [-0.4, -0.2) is 56.4 Å². The van der Waals surface area contributed by atoms with Crippen LogP contribution >= 0.6 is 0 Å². The van der Waals surface area contributed by atoms with E-state index in [0.717, 1.165) is 0 Å². The molecule has 6 nitrogen and oxygen atoms in total. The van der Waals surface area contributed by atoms with Gasteiger partial charge in [-0.1, -0.05) is 5.92 Å². The van der Waals surface area contributed by atoms with Gasteiger partial charge in [0.05, 0.1) is 0 Å². The molecule has 0 aliphatic carbocycles. The van der Waals surface area contributed by atoms with Crippen LogP contribution in [0.5, 0.6) is 0 Å². The van der Waals surface area contributed by atoms with Crippen molar-refractivity contribution in [1.29, 1.82) is 0 Å². The fourth-order valence-electron chi connectivity index (χ4n) is 2.02. The van der Waals surface area contributed by atoms with E-state index in [4.69, 9.17) is 6.42 Å². The van der Waals surface area contributed by atoms with E-state index < -0.39 is 15.5 Å². The van der Waals surface area contributed by atoms with Gasteiger partial charge in [0.2, 0.25) is 0 Å². The summed E-state index contributed by atoms with van der Waals surface area (Å²) in [5, 5.41) is 6.00. The number of terminal acetylenes is 1. The molecule has 1 rings (SSSR count). The first-order valence-corrected chi connectivity index (χ1v) is 8.21. The molecule has 22 heavy (non-hydrogen) atoms. The lowest BCUT2D eigenvalue weighted by molar-refractivity contribution is -0.0494. The maximum Gasteiger partial charge on any atom is 0.511 e. The Morgan fingerprint density at radius 1 is 1.41 bits per heavy atom. The van der Waals surface area contributed by atoms with Gasteiger partial charge in [-0.25, -0.2) is 13.4 Å². The molecule has 0 radical (unpaired) electrons. The highest BCUT2D eigenvalue weighted by atomic mass is 32.2. The van der Waals surface area contributed by atoms with E-state index in [9.17, 15) is 21.6 Å². The van der Waals surface area contributed by atoms with Gasteiger partial charge in [0, 0.05) is 25.7 Å². The van der Waals surface area contributed by atoms with E-state index in [0.29, 0.717) is 16.8 Å².